The topological polar surface area (TPSA) is 126 Å². The molecule has 4 heterocycles. The van der Waals surface area contributed by atoms with Gasteiger partial charge < -0.3 is 10.6 Å². The molecule has 1 saturated carbocycles. The number of pyridine rings is 1. The second-order valence-electron chi connectivity index (χ2n) is 9.62. The molecule has 1 aromatic carbocycles. The second kappa shape index (κ2) is 9.00. The number of amides is 2. The zero-order valence-corrected chi connectivity index (χ0v) is 20.7. The molecule has 0 bridgehead atoms. The van der Waals surface area contributed by atoms with Crippen LogP contribution in [-0.2, 0) is 11.0 Å². The van der Waals surface area contributed by atoms with Gasteiger partial charge in [0.2, 0.25) is 11.9 Å². The van der Waals surface area contributed by atoms with E-state index in [0.29, 0.717) is 41.4 Å². The standard InChI is InChI=1S/C27H22F3N7O2/c1-13-2-3-15(20-19(27(28,29)30)6-7-32-21(20)22(31)38)10-17(13)18-11-16-12-34-26(36-25(39)14-4-5-14)35-23(16)37-9-8-33-24(18)37/h2-3,6-7,10-12,14H,4-5,8-9H2,1H3,(H2,31,38)(H,34,35,36,39). The van der Waals surface area contributed by atoms with Gasteiger partial charge in [-0.1, -0.05) is 12.1 Å². The molecule has 9 nitrogen and oxygen atoms in total. The zero-order chi connectivity index (χ0) is 27.5. The number of nitrogens with one attached hydrogen (secondary N) is 1. The van der Waals surface area contributed by atoms with Gasteiger partial charge in [-0.05, 0) is 54.7 Å². The van der Waals surface area contributed by atoms with Gasteiger partial charge in [-0.3, -0.25) is 24.9 Å². The lowest BCUT2D eigenvalue weighted by Crippen LogP contribution is -2.33. The van der Waals surface area contributed by atoms with Gasteiger partial charge in [0, 0.05) is 41.6 Å². The lowest BCUT2D eigenvalue weighted by Gasteiger charge is -2.28. The van der Waals surface area contributed by atoms with Crippen molar-refractivity contribution in [1.82, 2.24) is 15.0 Å². The number of nitrogens with zero attached hydrogens (tertiary/aromatic N) is 5. The van der Waals surface area contributed by atoms with E-state index in [9.17, 15) is 22.8 Å². The Balaban J connectivity index is 1.47. The summed E-state index contributed by atoms with van der Waals surface area (Å²) >= 11 is 0. The van der Waals surface area contributed by atoms with Crippen molar-refractivity contribution in [1.29, 1.82) is 0 Å². The maximum atomic E-state index is 14.0. The van der Waals surface area contributed by atoms with Crippen LogP contribution in [0.4, 0.5) is 24.9 Å². The van der Waals surface area contributed by atoms with Crippen LogP contribution in [-0.4, -0.2) is 45.7 Å². The molecule has 0 saturated heterocycles. The van der Waals surface area contributed by atoms with Crippen molar-refractivity contribution in [2.75, 3.05) is 23.3 Å². The molecule has 3 aliphatic rings. The summed E-state index contributed by atoms with van der Waals surface area (Å²) < 4.78 is 41.9. The van der Waals surface area contributed by atoms with Crippen molar-refractivity contribution < 1.29 is 22.8 Å². The van der Waals surface area contributed by atoms with Crippen LogP contribution >= 0.6 is 0 Å². The zero-order valence-electron chi connectivity index (χ0n) is 20.7. The molecule has 6 rings (SSSR count). The predicted molar refractivity (Wildman–Crippen MR) is 139 cm³/mol. The van der Waals surface area contributed by atoms with E-state index >= 15 is 0 Å². The first-order chi connectivity index (χ1) is 18.6. The number of carbonyl (C=O) groups excluding carboxylic acids is 2. The Hall–Kier alpha value is -4.61. The molecule has 2 aliphatic heterocycles. The van der Waals surface area contributed by atoms with E-state index in [1.807, 2.05) is 17.9 Å². The highest BCUT2D eigenvalue weighted by Gasteiger charge is 2.37. The minimum atomic E-state index is -4.73. The molecule has 0 radical (unpaired) electrons. The Kier molecular flexibility index (Phi) is 5.70. The highest BCUT2D eigenvalue weighted by molar-refractivity contribution is 6.36. The summed E-state index contributed by atoms with van der Waals surface area (Å²) in [7, 11) is 0. The first kappa shape index (κ1) is 24.7. The summed E-state index contributed by atoms with van der Waals surface area (Å²) in [6.45, 7) is 2.87. The SMILES string of the molecule is Cc1ccc(-c2c(C(F)(F)F)ccnc2C(N)=O)cc1C1=Cc2cnc(NC(=O)C3CC3)nc2N2CCN=C12. The lowest BCUT2D eigenvalue weighted by molar-refractivity contribution is -0.137. The predicted octanol–water partition coefficient (Wildman–Crippen LogP) is 4.09. The third-order valence-electron chi connectivity index (χ3n) is 6.92. The molecule has 3 N–H and O–H groups in total. The number of primary amides is 1. The number of amidine groups is 1. The molecule has 2 amide bonds. The number of nitrogens with two attached hydrogens (primary N) is 1. The Morgan fingerprint density at radius 1 is 1.15 bits per heavy atom. The Labute approximate surface area is 220 Å². The number of hydrogen-bond acceptors (Lipinski definition) is 7. The van der Waals surface area contributed by atoms with Crippen molar-refractivity contribution >= 4 is 41.1 Å². The van der Waals surface area contributed by atoms with Gasteiger partial charge in [0.05, 0.1) is 12.1 Å². The molecule has 3 aromatic rings. The number of hydrogen-bond donors (Lipinski definition) is 2. The second-order valence-corrected chi connectivity index (χ2v) is 9.62. The molecular formula is C27H22F3N7O2. The molecule has 0 spiro atoms. The minimum Gasteiger partial charge on any atom is -0.364 e. The van der Waals surface area contributed by atoms with E-state index in [1.165, 1.54) is 6.07 Å². The molecular weight excluding hydrogens is 511 g/mol. The fourth-order valence-electron chi connectivity index (χ4n) is 4.87. The first-order valence-corrected chi connectivity index (χ1v) is 12.3. The Bertz CT molecular complexity index is 1610. The fourth-order valence-corrected chi connectivity index (χ4v) is 4.87. The van der Waals surface area contributed by atoms with Gasteiger partial charge in [0.25, 0.3) is 5.91 Å². The van der Waals surface area contributed by atoms with Gasteiger partial charge >= 0.3 is 6.18 Å². The van der Waals surface area contributed by atoms with E-state index < -0.39 is 23.3 Å². The summed E-state index contributed by atoms with van der Waals surface area (Å²) in [5.74, 6) is 0.252. The van der Waals surface area contributed by atoms with Gasteiger partial charge in [0.15, 0.2) is 0 Å². The third kappa shape index (κ3) is 4.41. The van der Waals surface area contributed by atoms with Crippen LogP contribution in [0.25, 0.3) is 22.8 Å². The summed E-state index contributed by atoms with van der Waals surface area (Å²) in [5.41, 5.74) is 6.49. The molecule has 0 atom stereocenters. The number of rotatable bonds is 5. The molecule has 12 heteroatoms. The van der Waals surface area contributed by atoms with Crippen LogP contribution in [0.5, 0.6) is 0 Å². The number of aromatic nitrogens is 3. The number of halogens is 3. The van der Waals surface area contributed by atoms with Crippen LogP contribution in [0.15, 0.2) is 41.7 Å². The van der Waals surface area contributed by atoms with Crippen molar-refractivity contribution in [3.8, 4) is 11.1 Å². The van der Waals surface area contributed by atoms with Crippen molar-refractivity contribution in [2.45, 2.75) is 25.9 Å². The number of benzene rings is 1. The normalized spacial score (nSPS) is 16.3. The number of aryl methyl sites for hydroxylation is 1. The molecule has 198 valence electrons. The highest BCUT2D eigenvalue weighted by Crippen LogP contribution is 2.41. The largest absolute Gasteiger partial charge is 0.417 e. The average Bonchev–Trinajstić information content (AvgIpc) is 3.64. The van der Waals surface area contributed by atoms with Crippen LogP contribution in [0, 0.1) is 12.8 Å². The van der Waals surface area contributed by atoms with Crippen LogP contribution in [0.1, 0.15) is 45.6 Å². The number of aliphatic imine (C=N–C) groups is 1. The molecule has 1 fully saturated rings. The summed E-state index contributed by atoms with van der Waals surface area (Å²) in [6.07, 6.45) is 1.34. The number of anilines is 2. The van der Waals surface area contributed by atoms with E-state index in [2.05, 4.69) is 25.3 Å². The maximum Gasteiger partial charge on any atom is 0.417 e. The third-order valence-corrected chi connectivity index (χ3v) is 6.92. The first-order valence-electron chi connectivity index (χ1n) is 12.3. The number of carbonyl (C=O) groups is 2. The number of alkyl halides is 3. The van der Waals surface area contributed by atoms with Gasteiger partial charge in [-0.2, -0.15) is 18.2 Å². The van der Waals surface area contributed by atoms with E-state index in [0.717, 1.165) is 30.7 Å². The molecule has 0 unspecified atom stereocenters. The molecule has 2 aromatic heterocycles. The Morgan fingerprint density at radius 3 is 2.67 bits per heavy atom. The van der Waals surface area contributed by atoms with Crippen LogP contribution < -0.4 is 16.0 Å². The van der Waals surface area contributed by atoms with E-state index in [4.69, 9.17) is 5.73 Å². The van der Waals surface area contributed by atoms with Gasteiger partial charge in [0.1, 0.15) is 17.3 Å². The van der Waals surface area contributed by atoms with Crippen LogP contribution in [0.2, 0.25) is 0 Å². The van der Waals surface area contributed by atoms with Gasteiger partial charge in [-0.25, -0.2) is 4.98 Å². The quantitative estimate of drug-likeness (QED) is 0.509. The summed E-state index contributed by atoms with van der Waals surface area (Å²) in [4.78, 5) is 43.5. The number of fused-ring (bicyclic) bond motifs is 3. The monoisotopic (exact) mass is 533 g/mol. The Morgan fingerprint density at radius 2 is 1.95 bits per heavy atom. The molecule has 1 aliphatic carbocycles. The van der Waals surface area contributed by atoms with E-state index in [1.54, 1.807) is 18.3 Å². The smallest absolute Gasteiger partial charge is 0.364 e. The van der Waals surface area contributed by atoms with E-state index in [-0.39, 0.29) is 28.9 Å². The summed E-state index contributed by atoms with van der Waals surface area (Å²) in [5, 5.41) is 2.76. The highest BCUT2D eigenvalue weighted by atomic mass is 19.4. The average molecular weight is 534 g/mol. The van der Waals surface area contributed by atoms with Crippen molar-refractivity contribution in [3.63, 3.8) is 0 Å². The minimum absolute atomic E-state index is 0.00282. The van der Waals surface area contributed by atoms with Gasteiger partial charge in [-0.15, -0.1) is 0 Å². The molecule has 39 heavy (non-hydrogen) atoms. The lowest BCUT2D eigenvalue weighted by atomic mass is 9.90. The van der Waals surface area contributed by atoms with Crippen molar-refractivity contribution in [2.24, 2.45) is 16.6 Å². The van der Waals surface area contributed by atoms with Crippen LogP contribution in [0.3, 0.4) is 0 Å². The fraction of sp³-hybridized carbons (Fsp3) is 0.259. The van der Waals surface area contributed by atoms with Crippen molar-refractivity contribution in [3.05, 3.63) is 64.6 Å². The summed E-state index contributed by atoms with van der Waals surface area (Å²) in [6, 6.07) is 5.62. The maximum absolute atomic E-state index is 14.0.